The molecule has 0 saturated carbocycles. The third kappa shape index (κ3) is 3.31. The molecule has 1 aliphatic heterocycles. The number of nitrogens with one attached hydrogen (secondary N) is 1. The Kier molecular flexibility index (Phi) is 4.98. The van der Waals surface area contributed by atoms with Gasteiger partial charge < -0.3 is 16.4 Å². The van der Waals surface area contributed by atoms with Crippen LogP contribution in [0.1, 0.15) is 46.1 Å². The molecule has 6 rings (SSSR count). The Labute approximate surface area is 205 Å². The van der Waals surface area contributed by atoms with Crippen molar-refractivity contribution in [3.63, 3.8) is 0 Å². The highest BCUT2D eigenvalue weighted by molar-refractivity contribution is 5.94. The molecule has 5 N–H and O–H groups in total. The Balaban J connectivity index is 1.25. The zero-order valence-electron chi connectivity index (χ0n) is 19.3. The lowest BCUT2D eigenvalue weighted by Crippen LogP contribution is -2.44. The van der Waals surface area contributed by atoms with Crippen molar-refractivity contribution in [3.8, 4) is 17.3 Å². The second kappa shape index (κ2) is 8.10. The molecule has 1 atom stereocenters. The van der Waals surface area contributed by atoms with Gasteiger partial charge in [0.2, 0.25) is 0 Å². The van der Waals surface area contributed by atoms with Gasteiger partial charge in [0.15, 0.2) is 5.69 Å². The molecule has 1 saturated heterocycles. The average molecular weight is 483 g/mol. The summed E-state index contributed by atoms with van der Waals surface area (Å²) in [5, 5.41) is 17.8. The molecule has 4 aromatic rings. The summed E-state index contributed by atoms with van der Waals surface area (Å²) in [5.74, 6) is -0.765. The highest BCUT2D eigenvalue weighted by Crippen LogP contribution is 2.51. The zero-order valence-corrected chi connectivity index (χ0v) is 19.3. The van der Waals surface area contributed by atoms with Gasteiger partial charge in [-0.1, -0.05) is 18.2 Å². The van der Waals surface area contributed by atoms with E-state index in [4.69, 9.17) is 11.5 Å². The van der Waals surface area contributed by atoms with Gasteiger partial charge in [0, 0.05) is 30.1 Å². The van der Waals surface area contributed by atoms with Crippen molar-refractivity contribution in [1.82, 2.24) is 20.2 Å². The van der Waals surface area contributed by atoms with Gasteiger partial charge >= 0.3 is 0 Å². The van der Waals surface area contributed by atoms with Gasteiger partial charge in [-0.05, 0) is 47.9 Å². The topological polar surface area (TPSA) is 151 Å². The number of hydrogen-bond acceptors (Lipinski definition) is 7. The number of nitriles is 1. The van der Waals surface area contributed by atoms with Crippen LogP contribution in [0.25, 0.3) is 22.2 Å². The number of para-hydroxylation sites is 1. The first-order chi connectivity index (χ1) is 17.4. The van der Waals surface area contributed by atoms with E-state index in [9.17, 15) is 14.4 Å². The number of anilines is 1. The number of hydrogen-bond donors (Lipinski definition) is 3. The summed E-state index contributed by atoms with van der Waals surface area (Å²) in [6.45, 7) is 1.34. The Hall–Kier alpha value is -4.36. The molecule has 1 spiro atoms. The summed E-state index contributed by atoms with van der Waals surface area (Å²) >= 11 is 0. The van der Waals surface area contributed by atoms with Gasteiger partial charge in [0.05, 0.1) is 23.5 Å². The Bertz CT molecular complexity index is 1560. The molecular weight excluding hydrogens is 459 g/mol. The van der Waals surface area contributed by atoms with Crippen molar-refractivity contribution in [2.45, 2.75) is 25.3 Å². The number of halogens is 1. The molecular formula is C26H23FN8O. The fourth-order valence-electron chi connectivity index (χ4n) is 5.72. The minimum Gasteiger partial charge on any atom is -0.366 e. The van der Waals surface area contributed by atoms with Crippen molar-refractivity contribution in [1.29, 1.82) is 5.26 Å². The number of carbonyl (C=O) groups excluding carboxylic acids is 1. The van der Waals surface area contributed by atoms with E-state index < -0.39 is 11.7 Å². The van der Waals surface area contributed by atoms with Crippen LogP contribution < -0.4 is 16.4 Å². The molecule has 2 aromatic heterocycles. The van der Waals surface area contributed by atoms with Crippen LogP contribution in [-0.4, -0.2) is 39.2 Å². The van der Waals surface area contributed by atoms with E-state index in [0.29, 0.717) is 31.0 Å². The van der Waals surface area contributed by atoms with Crippen LogP contribution in [0.5, 0.6) is 0 Å². The van der Waals surface area contributed by atoms with Crippen molar-refractivity contribution >= 4 is 22.6 Å². The first kappa shape index (κ1) is 22.1. The molecule has 0 bridgehead atoms. The summed E-state index contributed by atoms with van der Waals surface area (Å²) in [7, 11) is 0. The Morgan fingerprint density at radius 1 is 1.25 bits per heavy atom. The molecule has 10 heteroatoms. The van der Waals surface area contributed by atoms with Crippen LogP contribution in [0.4, 0.5) is 10.2 Å². The maximum absolute atomic E-state index is 14.4. The molecule has 2 aromatic carbocycles. The maximum Gasteiger partial charge on any atom is 0.251 e. The number of aromatic nitrogens is 4. The second-order valence-corrected chi connectivity index (χ2v) is 9.58. The van der Waals surface area contributed by atoms with Crippen LogP contribution in [0.3, 0.4) is 0 Å². The van der Waals surface area contributed by atoms with Gasteiger partial charge in [-0.2, -0.15) is 10.4 Å². The van der Waals surface area contributed by atoms with E-state index >= 15 is 0 Å². The zero-order chi connectivity index (χ0) is 25.0. The summed E-state index contributed by atoms with van der Waals surface area (Å²) in [4.78, 5) is 23.0. The minimum absolute atomic E-state index is 0.121. The van der Waals surface area contributed by atoms with Crippen LogP contribution in [0.2, 0.25) is 0 Å². The number of aromatic amines is 1. The number of nitrogens with two attached hydrogens (primary N) is 2. The molecule has 3 heterocycles. The molecule has 1 fully saturated rings. The van der Waals surface area contributed by atoms with Gasteiger partial charge in [-0.3, -0.25) is 9.89 Å². The molecule has 1 aliphatic carbocycles. The van der Waals surface area contributed by atoms with Gasteiger partial charge in [0.25, 0.3) is 5.91 Å². The normalized spacial score (nSPS) is 18.4. The van der Waals surface area contributed by atoms with Crippen molar-refractivity contribution < 1.29 is 9.18 Å². The lowest BCUT2D eigenvalue weighted by Gasteiger charge is -2.42. The standard InChI is InChI=1S/C26H23FN8O/c27-19-8-15-10-26(24(29)17(15)9-18(19)25(30)36)4-6-35(7-5-26)21-13-31-23(20(11-28)33-21)16-3-1-2-14-12-32-34-22(14)16/h1-3,8-9,12-13,24H,4-7,10,29H2,(H2,30,36)(H,32,34)/t24-/m1/s1. The number of amides is 1. The lowest BCUT2D eigenvalue weighted by atomic mass is 9.73. The lowest BCUT2D eigenvalue weighted by molar-refractivity contribution is 0.0996. The first-order valence-electron chi connectivity index (χ1n) is 11.7. The van der Waals surface area contributed by atoms with Gasteiger partial charge in [0.1, 0.15) is 23.4 Å². The number of H-pyrrole nitrogens is 1. The van der Waals surface area contributed by atoms with Crippen LogP contribution >= 0.6 is 0 Å². The van der Waals surface area contributed by atoms with Crippen molar-refractivity contribution in [3.05, 3.63) is 70.9 Å². The Morgan fingerprint density at radius 2 is 2.06 bits per heavy atom. The predicted octanol–water partition coefficient (Wildman–Crippen LogP) is 2.97. The molecule has 0 unspecified atom stereocenters. The summed E-state index contributed by atoms with van der Waals surface area (Å²) < 4.78 is 14.4. The molecule has 36 heavy (non-hydrogen) atoms. The van der Waals surface area contributed by atoms with Crippen LogP contribution in [0, 0.1) is 22.6 Å². The molecule has 2 aliphatic rings. The van der Waals surface area contributed by atoms with E-state index in [1.807, 2.05) is 18.2 Å². The third-order valence-electron chi connectivity index (χ3n) is 7.71. The van der Waals surface area contributed by atoms with Crippen molar-refractivity contribution in [2.24, 2.45) is 16.9 Å². The number of nitrogens with zero attached hydrogens (tertiary/aromatic N) is 5. The number of primary amides is 1. The van der Waals surface area contributed by atoms with E-state index in [0.717, 1.165) is 40.4 Å². The van der Waals surface area contributed by atoms with Crippen LogP contribution in [-0.2, 0) is 6.42 Å². The smallest absolute Gasteiger partial charge is 0.251 e. The van der Waals surface area contributed by atoms with Gasteiger partial charge in [-0.25, -0.2) is 14.4 Å². The number of benzene rings is 2. The molecule has 0 radical (unpaired) electrons. The van der Waals surface area contributed by atoms with E-state index in [-0.39, 0.29) is 22.7 Å². The fraction of sp³-hybridized carbons (Fsp3) is 0.269. The highest BCUT2D eigenvalue weighted by atomic mass is 19.1. The predicted molar refractivity (Wildman–Crippen MR) is 131 cm³/mol. The summed E-state index contributed by atoms with van der Waals surface area (Å²) in [6, 6.07) is 10.5. The van der Waals surface area contributed by atoms with Crippen LogP contribution in [0.15, 0.2) is 42.7 Å². The SMILES string of the molecule is N#Cc1nc(N2CCC3(CC2)Cc2cc(F)c(C(N)=O)cc2[C@H]3N)cnc1-c1cccc2cn[nH]c12. The highest BCUT2D eigenvalue weighted by Gasteiger charge is 2.46. The molecule has 180 valence electrons. The second-order valence-electron chi connectivity index (χ2n) is 9.58. The third-order valence-corrected chi connectivity index (χ3v) is 7.71. The molecule has 1 amide bonds. The van der Waals surface area contributed by atoms with Crippen molar-refractivity contribution in [2.75, 3.05) is 18.0 Å². The summed E-state index contributed by atoms with van der Waals surface area (Å²) in [6.07, 6.45) is 5.59. The van der Waals surface area contributed by atoms with Gasteiger partial charge in [-0.15, -0.1) is 0 Å². The largest absolute Gasteiger partial charge is 0.366 e. The minimum atomic E-state index is -0.794. The fourth-order valence-corrected chi connectivity index (χ4v) is 5.72. The number of fused-ring (bicyclic) bond motifs is 2. The maximum atomic E-state index is 14.4. The average Bonchev–Trinajstić information content (AvgIpc) is 3.46. The van der Waals surface area contributed by atoms with E-state index in [2.05, 4.69) is 31.1 Å². The first-order valence-corrected chi connectivity index (χ1v) is 11.7. The molecule has 9 nitrogen and oxygen atoms in total. The number of rotatable bonds is 3. The van der Waals surface area contributed by atoms with E-state index in [1.54, 1.807) is 12.4 Å². The number of piperidine rings is 1. The number of carbonyl (C=O) groups is 1. The summed E-state index contributed by atoms with van der Waals surface area (Å²) in [5.41, 5.74) is 15.6. The quantitative estimate of drug-likeness (QED) is 0.406. The Morgan fingerprint density at radius 3 is 2.81 bits per heavy atom. The monoisotopic (exact) mass is 482 g/mol. The van der Waals surface area contributed by atoms with E-state index in [1.165, 1.54) is 12.1 Å².